The average molecular weight is 174 g/mol. The van der Waals surface area contributed by atoms with Gasteiger partial charge in [0.15, 0.2) is 0 Å². The average Bonchev–Trinajstić information content (AvgIpc) is 2.65. The summed E-state index contributed by atoms with van der Waals surface area (Å²) in [6, 6.07) is 0. The smallest absolute Gasteiger partial charge is 0.0439 e. The maximum Gasteiger partial charge on any atom is 0.0439 e. The van der Waals surface area contributed by atoms with Crippen molar-refractivity contribution in [3.63, 3.8) is 0 Å². The molecule has 0 atom stereocenters. The molecule has 0 saturated heterocycles. The van der Waals surface area contributed by atoms with E-state index in [1.54, 1.807) is 11.1 Å². The third kappa shape index (κ3) is 1.09. The van der Waals surface area contributed by atoms with E-state index in [-0.39, 0.29) is 0 Å². The molecular formula is C11H14N2. The lowest BCUT2D eigenvalue weighted by Crippen LogP contribution is -2.09. The molecule has 1 aliphatic carbocycles. The number of rotatable bonds is 0. The van der Waals surface area contributed by atoms with E-state index in [0.717, 1.165) is 13.1 Å². The van der Waals surface area contributed by atoms with Gasteiger partial charge in [0.1, 0.15) is 0 Å². The van der Waals surface area contributed by atoms with E-state index in [4.69, 9.17) is 0 Å². The molecule has 0 radical (unpaired) electrons. The fourth-order valence-corrected chi connectivity index (χ4v) is 2.48. The molecule has 1 aromatic heterocycles. The first kappa shape index (κ1) is 7.51. The van der Waals surface area contributed by atoms with Crippen molar-refractivity contribution in [3.05, 3.63) is 28.6 Å². The van der Waals surface area contributed by atoms with Gasteiger partial charge in [-0.1, -0.05) is 0 Å². The summed E-state index contributed by atoms with van der Waals surface area (Å²) in [5.41, 5.74) is 5.92. The zero-order chi connectivity index (χ0) is 8.67. The molecule has 0 spiro atoms. The summed E-state index contributed by atoms with van der Waals surface area (Å²) >= 11 is 0. The number of pyridine rings is 1. The van der Waals surface area contributed by atoms with Crippen LogP contribution in [-0.4, -0.2) is 4.98 Å². The van der Waals surface area contributed by atoms with E-state index in [1.807, 2.05) is 0 Å². The van der Waals surface area contributed by atoms with Crippen LogP contribution >= 0.6 is 0 Å². The Morgan fingerprint density at radius 1 is 1.08 bits per heavy atom. The number of fused-ring (bicyclic) bond motifs is 3. The summed E-state index contributed by atoms with van der Waals surface area (Å²) in [7, 11) is 0. The molecule has 0 unspecified atom stereocenters. The second-order valence-electron chi connectivity index (χ2n) is 4.00. The number of aryl methyl sites for hydroxylation is 1. The molecular weight excluding hydrogens is 160 g/mol. The Balaban J connectivity index is 2.17. The van der Waals surface area contributed by atoms with E-state index in [2.05, 4.69) is 16.5 Å². The van der Waals surface area contributed by atoms with Gasteiger partial charge < -0.3 is 5.32 Å². The Bertz CT molecular complexity index is 344. The van der Waals surface area contributed by atoms with Gasteiger partial charge in [-0.25, -0.2) is 0 Å². The topological polar surface area (TPSA) is 24.9 Å². The van der Waals surface area contributed by atoms with Crippen LogP contribution in [0.3, 0.4) is 0 Å². The number of hydrogen-bond acceptors (Lipinski definition) is 2. The minimum absolute atomic E-state index is 1.02. The second-order valence-corrected chi connectivity index (χ2v) is 4.00. The van der Waals surface area contributed by atoms with Crippen LogP contribution in [0.15, 0.2) is 6.20 Å². The summed E-state index contributed by atoms with van der Waals surface area (Å²) in [6.45, 7) is 2.09. The largest absolute Gasteiger partial charge is 0.309 e. The molecule has 1 N–H and O–H groups in total. The van der Waals surface area contributed by atoms with Crippen LogP contribution in [0.5, 0.6) is 0 Å². The lowest BCUT2D eigenvalue weighted by Gasteiger charge is -2.17. The van der Waals surface area contributed by atoms with Crippen LogP contribution in [0.1, 0.15) is 35.2 Å². The van der Waals surface area contributed by atoms with Crippen molar-refractivity contribution < 1.29 is 0 Å². The van der Waals surface area contributed by atoms with Gasteiger partial charge >= 0.3 is 0 Å². The van der Waals surface area contributed by atoms with Crippen molar-refractivity contribution in [1.82, 2.24) is 10.3 Å². The predicted molar refractivity (Wildman–Crippen MR) is 51.4 cm³/mol. The van der Waals surface area contributed by atoms with Crippen molar-refractivity contribution in [2.45, 2.75) is 38.8 Å². The molecule has 2 heterocycles. The van der Waals surface area contributed by atoms with Crippen LogP contribution in [0.25, 0.3) is 0 Å². The van der Waals surface area contributed by atoms with Gasteiger partial charge in [-0.3, -0.25) is 4.98 Å². The maximum atomic E-state index is 4.55. The van der Waals surface area contributed by atoms with E-state index in [1.165, 1.54) is 36.9 Å². The summed E-state index contributed by atoms with van der Waals surface area (Å²) in [4.78, 5) is 4.55. The van der Waals surface area contributed by atoms with E-state index in [0.29, 0.717) is 0 Å². The molecule has 1 aliphatic heterocycles. The minimum Gasteiger partial charge on any atom is -0.309 e. The quantitative estimate of drug-likeness (QED) is 0.645. The predicted octanol–water partition coefficient (Wildman–Crippen LogP) is 1.56. The Morgan fingerprint density at radius 2 is 2.00 bits per heavy atom. The second kappa shape index (κ2) is 2.81. The van der Waals surface area contributed by atoms with E-state index < -0.39 is 0 Å². The maximum absolute atomic E-state index is 4.55. The van der Waals surface area contributed by atoms with Gasteiger partial charge in [-0.15, -0.1) is 0 Å². The van der Waals surface area contributed by atoms with E-state index >= 15 is 0 Å². The van der Waals surface area contributed by atoms with Crippen LogP contribution in [0, 0.1) is 0 Å². The van der Waals surface area contributed by atoms with Gasteiger partial charge in [-0.2, -0.15) is 0 Å². The Kier molecular flexibility index (Phi) is 1.62. The SMILES string of the molecule is c1nc2c(c3c1CNC3)CCCC2. The number of nitrogens with one attached hydrogen (secondary N) is 1. The highest BCUT2D eigenvalue weighted by Crippen LogP contribution is 2.27. The minimum atomic E-state index is 1.02. The highest BCUT2D eigenvalue weighted by atomic mass is 14.9. The van der Waals surface area contributed by atoms with Crippen LogP contribution < -0.4 is 5.32 Å². The number of nitrogens with zero attached hydrogens (tertiary/aromatic N) is 1. The molecule has 0 fully saturated rings. The molecule has 68 valence electrons. The van der Waals surface area contributed by atoms with Gasteiger partial charge in [0.2, 0.25) is 0 Å². The standard InChI is InChI=1S/C11H14N2/c1-2-4-11-9(3-1)10-7-12-5-8(10)6-13-11/h6,12H,1-5,7H2. The van der Waals surface area contributed by atoms with Crippen LogP contribution in [0.4, 0.5) is 0 Å². The summed E-state index contributed by atoms with van der Waals surface area (Å²) in [6.07, 6.45) is 7.20. The summed E-state index contributed by atoms with van der Waals surface area (Å²) in [5.74, 6) is 0. The zero-order valence-corrected chi connectivity index (χ0v) is 7.77. The van der Waals surface area contributed by atoms with Gasteiger partial charge in [0.25, 0.3) is 0 Å². The molecule has 0 bridgehead atoms. The summed E-state index contributed by atoms with van der Waals surface area (Å²) < 4.78 is 0. The molecule has 0 saturated carbocycles. The molecule has 2 nitrogen and oxygen atoms in total. The van der Waals surface area contributed by atoms with Crippen LogP contribution in [-0.2, 0) is 25.9 Å². The molecule has 0 amide bonds. The van der Waals surface area contributed by atoms with Crippen molar-refractivity contribution in [1.29, 1.82) is 0 Å². The molecule has 13 heavy (non-hydrogen) atoms. The van der Waals surface area contributed by atoms with Gasteiger partial charge in [-0.05, 0) is 42.4 Å². The highest BCUT2D eigenvalue weighted by molar-refractivity contribution is 5.40. The summed E-state index contributed by atoms with van der Waals surface area (Å²) in [5, 5.41) is 3.40. The third-order valence-corrected chi connectivity index (χ3v) is 3.18. The normalized spacial score (nSPS) is 19.7. The van der Waals surface area contributed by atoms with Crippen molar-refractivity contribution >= 4 is 0 Å². The number of aromatic nitrogens is 1. The monoisotopic (exact) mass is 174 g/mol. The van der Waals surface area contributed by atoms with Gasteiger partial charge in [0.05, 0.1) is 0 Å². The first-order chi connectivity index (χ1) is 6.45. The van der Waals surface area contributed by atoms with Crippen molar-refractivity contribution in [2.75, 3.05) is 0 Å². The molecule has 3 rings (SSSR count). The first-order valence-corrected chi connectivity index (χ1v) is 5.14. The van der Waals surface area contributed by atoms with Crippen molar-refractivity contribution in [3.8, 4) is 0 Å². The van der Waals surface area contributed by atoms with Crippen molar-refractivity contribution in [2.24, 2.45) is 0 Å². The molecule has 2 heteroatoms. The highest BCUT2D eigenvalue weighted by Gasteiger charge is 2.20. The molecule has 1 aromatic rings. The van der Waals surface area contributed by atoms with Gasteiger partial charge in [0, 0.05) is 25.0 Å². The fraction of sp³-hybridized carbons (Fsp3) is 0.545. The lowest BCUT2D eigenvalue weighted by atomic mass is 9.91. The zero-order valence-electron chi connectivity index (χ0n) is 7.77. The lowest BCUT2D eigenvalue weighted by molar-refractivity contribution is 0.660. The Morgan fingerprint density at radius 3 is 3.00 bits per heavy atom. The Hall–Kier alpha value is -0.890. The number of hydrogen-bond donors (Lipinski definition) is 1. The first-order valence-electron chi connectivity index (χ1n) is 5.14. The fourth-order valence-electron chi connectivity index (χ4n) is 2.48. The molecule has 0 aromatic carbocycles. The van der Waals surface area contributed by atoms with Crippen LogP contribution in [0.2, 0.25) is 0 Å². The Labute approximate surface area is 78.4 Å². The molecule has 2 aliphatic rings. The third-order valence-electron chi connectivity index (χ3n) is 3.18. The van der Waals surface area contributed by atoms with E-state index in [9.17, 15) is 0 Å².